The molecule has 4 aromatic heterocycles. The van der Waals surface area contributed by atoms with Crippen molar-refractivity contribution in [3.05, 3.63) is 47.4 Å². The molecule has 0 spiro atoms. The van der Waals surface area contributed by atoms with Gasteiger partial charge in [0.05, 0.1) is 5.39 Å². The minimum absolute atomic E-state index is 0.579. The van der Waals surface area contributed by atoms with E-state index in [0.717, 1.165) is 48.6 Å². The number of piperidine rings is 1. The van der Waals surface area contributed by atoms with E-state index in [1.807, 2.05) is 12.3 Å². The molecule has 0 aromatic carbocycles. The molecule has 1 N–H and O–H groups in total. The van der Waals surface area contributed by atoms with Crippen LogP contribution in [0.2, 0.25) is 0 Å². The molecule has 1 aliphatic heterocycles. The highest BCUT2D eigenvalue weighted by molar-refractivity contribution is 7.18. The van der Waals surface area contributed by atoms with E-state index in [1.54, 1.807) is 17.7 Å². The highest BCUT2D eigenvalue weighted by Crippen LogP contribution is 2.36. The van der Waals surface area contributed by atoms with Crippen LogP contribution in [0.15, 0.2) is 36.9 Å². The third kappa shape index (κ3) is 2.56. The fourth-order valence-electron chi connectivity index (χ4n) is 4.04. The molecule has 1 fully saturated rings. The average molecular weight is 363 g/mol. The van der Waals surface area contributed by atoms with Gasteiger partial charge in [0.2, 0.25) is 0 Å². The predicted molar refractivity (Wildman–Crippen MR) is 107 cm³/mol. The van der Waals surface area contributed by atoms with Crippen LogP contribution >= 0.6 is 11.3 Å². The second-order valence-corrected chi connectivity index (χ2v) is 8.00. The van der Waals surface area contributed by atoms with E-state index < -0.39 is 0 Å². The maximum absolute atomic E-state index is 4.62. The van der Waals surface area contributed by atoms with Gasteiger partial charge in [-0.25, -0.2) is 15.0 Å². The first-order valence-corrected chi connectivity index (χ1v) is 10.1. The van der Waals surface area contributed by atoms with Crippen molar-refractivity contribution in [2.45, 2.75) is 32.1 Å². The third-order valence-electron chi connectivity index (χ3n) is 5.43. The van der Waals surface area contributed by atoms with Crippen LogP contribution in [0.1, 0.15) is 36.1 Å². The lowest BCUT2D eigenvalue weighted by Crippen LogP contribution is -2.33. The molecule has 0 unspecified atom stereocenters. The standard InChI is InChI=1S/C20H21N5S/c1-2-14-10-16-19(23-12-24-20(16)26-14)25-8-5-13(6-9-25)17-11-22-18-15(17)4-3-7-21-18/h3-4,7,10-13H,2,5-6,8-9H2,1H3,(H,21,22). The Bertz CT molecular complexity index is 1060. The second kappa shape index (κ2) is 6.36. The van der Waals surface area contributed by atoms with Gasteiger partial charge in [-0.1, -0.05) is 6.92 Å². The van der Waals surface area contributed by atoms with Crippen molar-refractivity contribution in [1.29, 1.82) is 0 Å². The normalized spacial score (nSPS) is 16.0. The molecule has 6 heteroatoms. The number of anilines is 1. The van der Waals surface area contributed by atoms with Gasteiger partial charge in [-0.05, 0) is 48.9 Å². The summed E-state index contributed by atoms with van der Waals surface area (Å²) in [6.45, 7) is 4.25. The largest absolute Gasteiger partial charge is 0.356 e. The third-order valence-corrected chi connectivity index (χ3v) is 6.61. The van der Waals surface area contributed by atoms with Gasteiger partial charge in [-0.15, -0.1) is 11.3 Å². The van der Waals surface area contributed by atoms with Crippen LogP contribution < -0.4 is 4.90 Å². The van der Waals surface area contributed by atoms with Crippen LogP contribution in [0.25, 0.3) is 21.3 Å². The van der Waals surface area contributed by atoms with Crippen LogP contribution in [0.5, 0.6) is 0 Å². The predicted octanol–water partition coefficient (Wildman–Crippen LogP) is 4.51. The summed E-state index contributed by atoms with van der Waals surface area (Å²) in [7, 11) is 0. The maximum Gasteiger partial charge on any atom is 0.140 e. The minimum Gasteiger partial charge on any atom is -0.356 e. The Morgan fingerprint density at radius 1 is 1.19 bits per heavy atom. The summed E-state index contributed by atoms with van der Waals surface area (Å²) >= 11 is 1.79. The van der Waals surface area contributed by atoms with Crippen molar-refractivity contribution < 1.29 is 0 Å². The van der Waals surface area contributed by atoms with Crippen LogP contribution in [0.4, 0.5) is 5.82 Å². The summed E-state index contributed by atoms with van der Waals surface area (Å²) in [5, 5.41) is 2.48. The summed E-state index contributed by atoms with van der Waals surface area (Å²) in [6.07, 6.45) is 9.03. The van der Waals surface area contributed by atoms with E-state index in [0.29, 0.717) is 5.92 Å². The van der Waals surface area contributed by atoms with Crippen LogP contribution in [0.3, 0.4) is 0 Å². The number of pyridine rings is 1. The molecule has 5 heterocycles. The molecule has 4 aromatic rings. The van der Waals surface area contributed by atoms with Crippen molar-refractivity contribution in [2.24, 2.45) is 0 Å². The number of aryl methyl sites for hydroxylation is 1. The van der Waals surface area contributed by atoms with E-state index in [-0.39, 0.29) is 0 Å². The molecule has 1 saturated heterocycles. The summed E-state index contributed by atoms with van der Waals surface area (Å²) in [5.74, 6) is 1.68. The van der Waals surface area contributed by atoms with E-state index in [2.05, 4.69) is 50.1 Å². The number of fused-ring (bicyclic) bond motifs is 2. The first-order valence-electron chi connectivity index (χ1n) is 9.24. The number of aromatic nitrogens is 4. The molecule has 0 radical (unpaired) electrons. The Labute approximate surface area is 156 Å². The Hall–Kier alpha value is -2.47. The van der Waals surface area contributed by atoms with Gasteiger partial charge >= 0.3 is 0 Å². The lowest BCUT2D eigenvalue weighted by atomic mass is 9.89. The Morgan fingerprint density at radius 2 is 2.08 bits per heavy atom. The van der Waals surface area contributed by atoms with E-state index in [1.165, 1.54) is 21.2 Å². The summed E-state index contributed by atoms with van der Waals surface area (Å²) < 4.78 is 0. The van der Waals surface area contributed by atoms with Crippen molar-refractivity contribution >= 4 is 38.4 Å². The Morgan fingerprint density at radius 3 is 2.92 bits per heavy atom. The van der Waals surface area contributed by atoms with Gasteiger partial charge < -0.3 is 9.88 Å². The molecule has 26 heavy (non-hydrogen) atoms. The SMILES string of the molecule is CCc1cc2c(N3CCC(c4c[nH]c5ncccc45)CC3)ncnc2s1. The molecule has 1 aliphatic rings. The highest BCUT2D eigenvalue weighted by Gasteiger charge is 2.25. The summed E-state index contributed by atoms with van der Waals surface area (Å²) in [6, 6.07) is 6.47. The molecule has 0 amide bonds. The van der Waals surface area contributed by atoms with E-state index in [9.17, 15) is 0 Å². The average Bonchev–Trinajstić information content (AvgIpc) is 3.32. The van der Waals surface area contributed by atoms with E-state index >= 15 is 0 Å². The maximum atomic E-state index is 4.62. The molecular weight excluding hydrogens is 342 g/mol. The number of nitrogens with zero attached hydrogens (tertiary/aromatic N) is 4. The number of thiophene rings is 1. The second-order valence-electron chi connectivity index (χ2n) is 6.89. The summed E-state index contributed by atoms with van der Waals surface area (Å²) in [4.78, 5) is 21.7. The van der Waals surface area contributed by atoms with Gasteiger partial charge in [-0.2, -0.15) is 0 Å². The fraction of sp³-hybridized carbons (Fsp3) is 0.350. The first-order chi connectivity index (χ1) is 12.8. The lowest BCUT2D eigenvalue weighted by Gasteiger charge is -2.33. The molecule has 132 valence electrons. The number of H-pyrrole nitrogens is 1. The molecule has 0 atom stereocenters. The fourth-order valence-corrected chi connectivity index (χ4v) is 4.97. The molecule has 5 nitrogen and oxygen atoms in total. The summed E-state index contributed by atoms with van der Waals surface area (Å²) in [5.41, 5.74) is 2.40. The number of aromatic amines is 1. The zero-order chi connectivity index (χ0) is 17.5. The Balaban J connectivity index is 1.40. The van der Waals surface area contributed by atoms with Crippen LogP contribution in [-0.2, 0) is 6.42 Å². The number of nitrogens with one attached hydrogen (secondary N) is 1. The Kier molecular flexibility index (Phi) is 3.85. The van der Waals surface area contributed by atoms with Crippen LogP contribution in [0, 0.1) is 0 Å². The van der Waals surface area contributed by atoms with E-state index in [4.69, 9.17) is 0 Å². The molecule has 0 bridgehead atoms. The zero-order valence-electron chi connectivity index (χ0n) is 14.8. The van der Waals surface area contributed by atoms with Gasteiger partial charge in [-0.3, -0.25) is 0 Å². The van der Waals surface area contributed by atoms with Crippen molar-refractivity contribution in [1.82, 2.24) is 19.9 Å². The van der Waals surface area contributed by atoms with Crippen molar-refractivity contribution in [3.63, 3.8) is 0 Å². The van der Waals surface area contributed by atoms with Crippen molar-refractivity contribution in [3.8, 4) is 0 Å². The van der Waals surface area contributed by atoms with Gasteiger partial charge in [0.1, 0.15) is 22.6 Å². The first kappa shape index (κ1) is 15.8. The lowest BCUT2D eigenvalue weighted by molar-refractivity contribution is 0.506. The molecular formula is C20H21N5S. The van der Waals surface area contributed by atoms with Gasteiger partial charge in [0.15, 0.2) is 0 Å². The van der Waals surface area contributed by atoms with Crippen LogP contribution in [-0.4, -0.2) is 33.0 Å². The smallest absolute Gasteiger partial charge is 0.140 e. The quantitative estimate of drug-likeness (QED) is 0.582. The van der Waals surface area contributed by atoms with Gasteiger partial charge in [0.25, 0.3) is 0 Å². The van der Waals surface area contributed by atoms with Crippen molar-refractivity contribution in [2.75, 3.05) is 18.0 Å². The molecule has 0 saturated carbocycles. The van der Waals surface area contributed by atoms with Gasteiger partial charge in [0, 0.05) is 35.7 Å². The topological polar surface area (TPSA) is 57.7 Å². The monoisotopic (exact) mass is 363 g/mol. The molecule has 0 aliphatic carbocycles. The zero-order valence-corrected chi connectivity index (χ0v) is 15.6. The number of hydrogen-bond acceptors (Lipinski definition) is 5. The highest BCUT2D eigenvalue weighted by atomic mass is 32.1. The minimum atomic E-state index is 0.579. The number of hydrogen-bond donors (Lipinski definition) is 1. The number of rotatable bonds is 3. The molecule has 5 rings (SSSR count).